The first kappa shape index (κ1) is 10.9. The summed E-state index contributed by atoms with van der Waals surface area (Å²) in [5.74, 6) is 1.82. The van der Waals surface area contributed by atoms with Gasteiger partial charge in [-0.1, -0.05) is 12.1 Å². The van der Waals surface area contributed by atoms with Gasteiger partial charge in [-0.2, -0.15) is 0 Å². The standard InChI is InChI=1S/C13H18N2O2/c1-14-5-7-15(8-6-14)9-11-3-2-4-12-13(11)17-10-16-12/h2-4H,5-10H2,1H3. The van der Waals surface area contributed by atoms with E-state index in [1.54, 1.807) is 0 Å². The van der Waals surface area contributed by atoms with Crippen LogP contribution >= 0.6 is 0 Å². The third kappa shape index (κ3) is 2.23. The Morgan fingerprint density at radius 1 is 1.12 bits per heavy atom. The molecule has 3 rings (SSSR count). The largest absolute Gasteiger partial charge is 0.454 e. The summed E-state index contributed by atoms with van der Waals surface area (Å²) in [7, 11) is 2.18. The molecule has 92 valence electrons. The molecule has 0 unspecified atom stereocenters. The summed E-state index contributed by atoms with van der Waals surface area (Å²) in [6.45, 7) is 5.86. The first-order valence-corrected chi connectivity index (χ1v) is 6.11. The van der Waals surface area contributed by atoms with Crippen molar-refractivity contribution in [3.05, 3.63) is 23.8 Å². The molecule has 0 aliphatic carbocycles. The third-order valence-electron chi connectivity index (χ3n) is 3.47. The minimum absolute atomic E-state index is 0.356. The van der Waals surface area contributed by atoms with Gasteiger partial charge in [-0.3, -0.25) is 4.90 Å². The fourth-order valence-electron chi connectivity index (χ4n) is 2.36. The summed E-state index contributed by atoms with van der Waals surface area (Å²) in [5, 5.41) is 0. The quantitative estimate of drug-likeness (QED) is 0.766. The number of para-hydroxylation sites is 1. The van der Waals surface area contributed by atoms with Crippen LogP contribution in [0, 0.1) is 0 Å². The van der Waals surface area contributed by atoms with E-state index in [9.17, 15) is 0 Å². The van der Waals surface area contributed by atoms with Crippen molar-refractivity contribution in [3.63, 3.8) is 0 Å². The highest BCUT2D eigenvalue weighted by atomic mass is 16.7. The lowest BCUT2D eigenvalue weighted by Gasteiger charge is -2.32. The van der Waals surface area contributed by atoms with Crippen molar-refractivity contribution < 1.29 is 9.47 Å². The zero-order valence-electron chi connectivity index (χ0n) is 10.2. The van der Waals surface area contributed by atoms with Crippen LogP contribution in [0.5, 0.6) is 11.5 Å². The smallest absolute Gasteiger partial charge is 0.231 e. The lowest BCUT2D eigenvalue weighted by Crippen LogP contribution is -2.43. The highest BCUT2D eigenvalue weighted by molar-refractivity contribution is 5.48. The molecule has 4 nitrogen and oxygen atoms in total. The number of rotatable bonds is 2. The summed E-state index contributed by atoms with van der Waals surface area (Å²) in [6, 6.07) is 6.14. The van der Waals surface area contributed by atoms with Crippen LogP contribution in [0.15, 0.2) is 18.2 Å². The molecule has 0 radical (unpaired) electrons. The summed E-state index contributed by atoms with van der Waals surface area (Å²) in [6.07, 6.45) is 0. The van der Waals surface area contributed by atoms with Crippen LogP contribution in [0.2, 0.25) is 0 Å². The topological polar surface area (TPSA) is 24.9 Å². The summed E-state index contributed by atoms with van der Waals surface area (Å²) < 4.78 is 10.9. The van der Waals surface area contributed by atoms with Crippen LogP contribution in [0.25, 0.3) is 0 Å². The average Bonchev–Trinajstić information content (AvgIpc) is 2.81. The van der Waals surface area contributed by atoms with Gasteiger partial charge in [-0.25, -0.2) is 0 Å². The Hall–Kier alpha value is -1.26. The number of likely N-dealkylation sites (N-methyl/N-ethyl adjacent to an activating group) is 1. The predicted molar refractivity (Wildman–Crippen MR) is 65.3 cm³/mol. The summed E-state index contributed by atoms with van der Waals surface area (Å²) in [4.78, 5) is 4.84. The number of nitrogens with zero attached hydrogens (tertiary/aromatic N) is 2. The Morgan fingerprint density at radius 2 is 1.94 bits per heavy atom. The fraction of sp³-hybridized carbons (Fsp3) is 0.538. The maximum absolute atomic E-state index is 5.53. The Balaban J connectivity index is 1.71. The van der Waals surface area contributed by atoms with E-state index in [4.69, 9.17) is 9.47 Å². The number of hydrogen-bond acceptors (Lipinski definition) is 4. The monoisotopic (exact) mass is 234 g/mol. The van der Waals surface area contributed by atoms with Gasteiger partial charge in [-0.05, 0) is 13.1 Å². The van der Waals surface area contributed by atoms with Gasteiger partial charge in [0.05, 0.1) is 0 Å². The van der Waals surface area contributed by atoms with Gasteiger partial charge < -0.3 is 14.4 Å². The van der Waals surface area contributed by atoms with Crippen LogP contribution in [0.1, 0.15) is 5.56 Å². The van der Waals surface area contributed by atoms with Gasteiger partial charge in [0, 0.05) is 38.3 Å². The van der Waals surface area contributed by atoms with Crippen molar-refractivity contribution in [2.24, 2.45) is 0 Å². The van der Waals surface area contributed by atoms with Crippen molar-refractivity contribution in [3.8, 4) is 11.5 Å². The van der Waals surface area contributed by atoms with Crippen molar-refractivity contribution >= 4 is 0 Å². The van der Waals surface area contributed by atoms with Crippen LogP contribution in [0.3, 0.4) is 0 Å². The molecule has 2 aliphatic rings. The Morgan fingerprint density at radius 3 is 2.76 bits per heavy atom. The Labute approximate surface area is 102 Å². The summed E-state index contributed by atoms with van der Waals surface area (Å²) >= 11 is 0. The van der Waals surface area contributed by atoms with E-state index in [2.05, 4.69) is 22.9 Å². The highest BCUT2D eigenvalue weighted by Crippen LogP contribution is 2.35. The van der Waals surface area contributed by atoms with E-state index in [0.29, 0.717) is 6.79 Å². The minimum Gasteiger partial charge on any atom is -0.454 e. The van der Waals surface area contributed by atoms with E-state index in [0.717, 1.165) is 44.2 Å². The molecule has 4 heteroatoms. The normalized spacial score (nSPS) is 20.8. The number of ether oxygens (including phenoxy) is 2. The predicted octanol–water partition coefficient (Wildman–Crippen LogP) is 1.16. The van der Waals surface area contributed by atoms with Gasteiger partial charge in [-0.15, -0.1) is 0 Å². The van der Waals surface area contributed by atoms with Crippen molar-refractivity contribution in [2.45, 2.75) is 6.54 Å². The van der Waals surface area contributed by atoms with E-state index < -0.39 is 0 Å². The molecular weight excluding hydrogens is 216 g/mol. The molecule has 1 aromatic rings. The van der Waals surface area contributed by atoms with Crippen molar-refractivity contribution in [2.75, 3.05) is 40.0 Å². The molecule has 0 saturated carbocycles. The molecule has 0 aromatic heterocycles. The van der Waals surface area contributed by atoms with Crippen molar-refractivity contribution in [1.82, 2.24) is 9.80 Å². The molecule has 0 atom stereocenters. The molecule has 0 bridgehead atoms. The number of hydrogen-bond donors (Lipinski definition) is 0. The number of piperazine rings is 1. The van der Waals surface area contributed by atoms with E-state index in [-0.39, 0.29) is 0 Å². The van der Waals surface area contributed by atoms with Crippen LogP contribution in [-0.4, -0.2) is 49.8 Å². The first-order chi connectivity index (χ1) is 8.33. The maximum atomic E-state index is 5.53. The second-order valence-electron chi connectivity index (χ2n) is 4.73. The second kappa shape index (κ2) is 4.55. The van der Waals surface area contributed by atoms with E-state index >= 15 is 0 Å². The van der Waals surface area contributed by atoms with Gasteiger partial charge in [0.25, 0.3) is 0 Å². The molecule has 1 fully saturated rings. The van der Waals surface area contributed by atoms with Crippen LogP contribution in [-0.2, 0) is 6.54 Å². The highest BCUT2D eigenvalue weighted by Gasteiger charge is 2.20. The molecule has 0 spiro atoms. The average molecular weight is 234 g/mol. The SMILES string of the molecule is CN1CCN(Cc2cccc3c2OCO3)CC1. The molecule has 17 heavy (non-hydrogen) atoms. The number of benzene rings is 1. The third-order valence-corrected chi connectivity index (χ3v) is 3.47. The number of fused-ring (bicyclic) bond motifs is 1. The second-order valence-corrected chi connectivity index (χ2v) is 4.73. The molecule has 1 saturated heterocycles. The molecule has 2 heterocycles. The zero-order valence-corrected chi connectivity index (χ0v) is 10.2. The molecule has 2 aliphatic heterocycles. The Kier molecular flexibility index (Phi) is 2.91. The first-order valence-electron chi connectivity index (χ1n) is 6.11. The van der Waals surface area contributed by atoms with Gasteiger partial charge in [0.1, 0.15) is 0 Å². The molecule has 1 aromatic carbocycles. The lowest BCUT2D eigenvalue weighted by atomic mass is 10.1. The van der Waals surface area contributed by atoms with Crippen LogP contribution < -0.4 is 9.47 Å². The zero-order chi connectivity index (χ0) is 11.7. The maximum Gasteiger partial charge on any atom is 0.231 e. The lowest BCUT2D eigenvalue weighted by molar-refractivity contribution is 0.144. The van der Waals surface area contributed by atoms with Gasteiger partial charge >= 0.3 is 0 Å². The Bertz CT molecular complexity index is 400. The van der Waals surface area contributed by atoms with Crippen LogP contribution in [0.4, 0.5) is 0 Å². The summed E-state index contributed by atoms with van der Waals surface area (Å²) in [5.41, 5.74) is 1.24. The minimum atomic E-state index is 0.356. The van der Waals surface area contributed by atoms with Gasteiger partial charge in [0.15, 0.2) is 11.5 Å². The molecule has 0 N–H and O–H groups in total. The van der Waals surface area contributed by atoms with E-state index in [1.165, 1.54) is 5.56 Å². The van der Waals surface area contributed by atoms with Gasteiger partial charge in [0.2, 0.25) is 6.79 Å². The molecular formula is C13H18N2O2. The van der Waals surface area contributed by atoms with E-state index in [1.807, 2.05) is 12.1 Å². The van der Waals surface area contributed by atoms with Crippen molar-refractivity contribution in [1.29, 1.82) is 0 Å². The molecule has 0 amide bonds. The fourth-order valence-corrected chi connectivity index (χ4v) is 2.36.